The molecule has 3 N–H and O–H groups in total. The molecule has 1 aromatic carbocycles. The molecule has 3 aromatic rings. The predicted octanol–water partition coefficient (Wildman–Crippen LogP) is 1.87. The number of hydrogen-bond acceptors (Lipinski definition) is 5. The SMILES string of the molecule is Cc1nnc(SCc2nc3ccc(N)cc3[nH]2)n1C. The molecule has 0 aliphatic heterocycles. The number of rotatable bonds is 3. The lowest BCUT2D eigenvalue weighted by Gasteiger charge is -1.99. The number of anilines is 1. The lowest BCUT2D eigenvalue weighted by atomic mass is 10.3. The Morgan fingerprint density at radius 3 is 2.95 bits per heavy atom. The van der Waals surface area contributed by atoms with Crippen molar-refractivity contribution in [3.8, 4) is 0 Å². The highest BCUT2D eigenvalue weighted by Crippen LogP contribution is 2.22. The Labute approximate surface area is 114 Å². The molecule has 0 saturated heterocycles. The molecule has 2 heterocycles. The van der Waals surface area contributed by atoms with Crippen LogP contribution >= 0.6 is 11.8 Å². The molecule has 3 rings (SSSR count). The lowest BCUT2D eigenvalue weighted by molar-refractivity contribution is 0.765. The van der Waals surface area contributed by atoms with E-state index in [4.69, 9.17) is 5.73 Å². The molecule has 0 saturated carbocycles. The van der Waals surface area contributed by atoms with Crippen LogP contribution in [0.2, 0.25) is 0 Å². The maximum absolute atomic E-state index is 5.75. The van der Waals surface area contributed by atoms with Crippen molar-refractivity contribution >= 4 is 28.5 Å². The molecule has 0 bridgehead atoms. The van der Waals surface area contributed by atoms with Crippen LogP contribution in [0.3, 0.4) is 0 Å². The summed E-state index contributed by atoms with van der Waals surface area (Å²) in [4.78, 5) is 7.78. The van der Waals surface area contributed by atoms with Crippen molar-refractivity contribution in [3.63, 3.8) is 0 Å². The third-order valence-electron chi connectivity index (χ3n) is 2.95. The molecule has 0 atom stereocenters. The number of nitrogens with zero attached hydrogens (tertiary/aromatic N) is 4. The summed E-state index contributed by atoms with van der Waals surface area (Å²) in [7, 11) is 1.96. The van der Waals surface area contributed by atoms with Gasteiger partial charge in [0.2, 0.25) is 0 Å². The van der Waals surface area contributed by atoms with Gasteiger partial charge in [-0.3, -0.25) is 0 Å². The van der Waals surface area contributed by atoms with E-state index >= 15 is 0 Å². The van der Waals surface area contributed by atoms with Crippen LogP contribution in [0.1, 0.15) is 11.6 Å². The molecular formula is C12H14N6S. The number of imidazole rings is 1. The molecule has 0 radical (unpaired) electrons. The number of nitrogens with one attached hydrogen (secondary N) is 1. The summed E-state index contributed by atoms with van der Waals surface area (Å²) in [6.45, 7) is 1.93. The first-order valence-electron chi connectivity index (χ1n) is 5.86. The van der Waals surface area contributed by atoms with Gasteiger partial charge >= 0.3 is 0 Å². The Morgan fingerprint density at radius 2 is 2.21 bits per heavy atom. The van der Waals surface area contributed by atoms with Gasteiger partial charge in [0.25, 0.3) is 0 Å². The second-order valence-electron chi connectivity index (χ2n) is 4.34. The molecule has 0 unspecified atom stereocenters. The van der Waals surface area contributed by atoms with Crippen molar-refractivity contribution in [2.45, 2.75) is 17.8 Å². The molecule has 19 heavy (non-hydrogen) atoms. The van der Waals surface area contributed by atoms with Gasteiger partial charge in [0.05, 0.1) is 16.8 Å². The van der Waals surface area contributed by atoms with Gasteiger partial charge < -0.3 is 15.3 Å². The summed E-state index contributed by atoms with van der Waals surface area (Å²) in [6, 6.07) is 5.66. The van der Waals surface area contributed by atoms with Gasteiger partial charge in [0.15, 0.2) is 5.16 Å². The normalized spacial score (nSPS) is 11.3. The van der Waals surface area contributed by atoms with Crippen LogP contribution in [0.25, 0.3) is 11.0 Å². The van der Waals surface area contributed by atoms with Crippen LogP contribution in [0, 0.1) is 6.92 Å². The highest BCUT2D eigenvalue weighted by atomic mass is 32.2. The Kier molecular flexibility index (Phi) is 2.90. The van der Waals surface area contributed by atoms with Crippen LogP contribution in [-0.4, -0.2) is 24.7 Å². The smallest absolute Gasteiger partial charge is 0.191 e. The molecule has 6 nitrogen and oxygen atoms in total. The maximum atomic E-state index is 5.75. The standard InChI is InChI=1S/C12H14N6S/c1-7-16-17-12(18(7)2)19-6-11-14-9-4-3-8(13)5-10(9)15-11/h3-5H,6,13H2,1-2H3,(H,14,15). The predicted molar refractivity (Wildman–Crippen MR) is 75.8 cm³/mol. The fraction of sp³-hybridized carbons (Fsp3) is 0.250. The van der Waals surface area contributed by atoms with Crippen molar-refractivity contribution in [2.75, 3.05) is 5.73 Å². The van der Waals surface area contributed by atoms with Crippen LogP contribution in [0.15, 0.2) is 23.4 Å². The van der Waals surface area contributed by atoms with Gasteiger partial charge in [-0.25, -0.2) is 4.98 Å². The minimum atomic E-state index is 0.723. The van der Waals surface area contributed by atoms with Crippen molar-refractivity contribution in [1.82, 2.24) is 24.7 Å². The van der Waals surface area contributed by atoms with E-state index in [0.717, 1.165) is 39.3 Å². The first-order chi connectivity index (χ1) is 9.13. The van der Waals surface area contributed by atoms with Gasteiger partial charge in [-0.1, -0.05) is 11.8 Å². The number of thioether (sulfide) groups is 1. The van der Waals surface area contributed by atoms with E-state index in [1.807, 2.05) is 36.7 Å². The van der Waals surface area contributed by atoms with Gasteiger partial charge in [-0.15, -0.1) is 10.2 Å². The Balaban J connectivity index is 1.80. The number of H-pyrrole nitrogens is 1. The lowest BCUT2D eigenvalue weighted by Crippen LogP contribution is -1.94. The number of aromatic nitrogens is 5. The Morgan fingerprint density at radius 1 is 1.37 bits per heavy atom. The van der Waals surface area contributed by atoms with E-state index in [-0.39, 0.29) is 0 Å². The molecular weight excluding hydrogens is 260 g/mol. The largest absolute Gasteiger partial charge is 0.399 e. The van der Waals surface area contributed by atoms with E-state index in [0.29, 0.717) is 0 Å². The second kappa shape index (κ2) is 4.58. The summed E-state index contributed by atoms with van der Waals surface area (Å²) >= 11 is 1.60. The highest BCUT2D eigenvalue weighted by molar-refractivity contribution is 7.98. The van der Waals surface area contributed by atoms with Crippen molar-refractivity contribution in [1.29, 1.82) is 0 Å². The monoisotopic (exact) mass is 274 g/mol. The number of aryl methyl sites for hydroxylation is 1. The zero-order chi connectivity index (χ0) is 13.4. The minimum Gasteiger partial charge on any atom is -0.399 e. The Bertz CT molecular complexity index is 729. The third-order valence-corrected chi connectivity index (χ3v) is 3.98. The van der Waals surface area contributed by atoms with E-state index in [2.05, 4.69) is 20.2 Å². The van der Waals surface area contributed by atoms with Crippen molar-refractivity contribution in [2.24, 2.45) is 7.05 Å². The number of benzene rings is 1. The molecule has 98 valence electrons. The first kappa shape index (κ1) is 12.0. The Hall–Kier alpha value is -2.02. The second-order valence-corrected chi connectivity index (χ2v) is 5.28. The van der Waals surface area contributed by atoms with Gasteiger partial charge in [0.1, 0.15) is 11.6 Å². The van der Waals surface area contributed by atoms with Crippen LogP contribution in [-0.2, 0) is 12.8 Å². The topological polar surface area (TPSA) is 85.4 Å². The van der Waals surface area contributed by atoms with Crippen molar-refractivity contribution in [3.05, 3.63) is 29.8 Å². The van der Waals surface area contributed by atoms with Crippen molar-refractivity contribution < 1.29 is 0 Å². The molecule has 0 spiro atoms. The molecule has 7 heteroatoms. The maximum Gasteiger partial charge on any atom is 0.191 e. The van der Waals surface area contributed by atoms with E-state index < -0.39 is 0 Å². The van der Waals surface area contributed by atoms with Crippen LogP contribution in [0.4, 0.5) is 5.69 Å². The molecule has 0 fully saturated rings. The highest BCUT2D eigenvalue weighted by Gasteiger charge is 2.08. The van der Waals surface area contributed by atoms with Gasteiger partial charge in [0, 0.05) is 12.7 Å². The van der Waals surface area contributed by atoms with Gasteiger partial charge in [-0.2, -0.15) is 0 Å². The fourth-order valence-corrected chi connectivity index (χ4v) is 2.62. The number of aromatic amines is 1. The third kappa shape index (κ3) is 2.28. The van der Waals surface area contributed by atoms with Crippen LogP contribution < -0.4 is 5.73 Å². The molecule has 2 aromatic heterocycles. The summed E-state index contributed by atoms with van der Waals surface area (Å²) in [6.07, 6.45) is 0. The number of nitrogens with two attached hydrogens (primary N) is 1. The average Bonchev–Trinajstić information content (AvgIpc) is 2.92. The number of hydrogen-bond donors (Lipinski definition) is 2. The first-order valence-corrected chi connectivity index (χ1v) is 6.85. The molecule has 0 aliphatic rings. The molecule has 0 amide bonds. The van der Waals surface area contributed by atoms with Gasteiger partial charge in [-0.05, 0) is 25.1 Å². The van der Waals surface area contributed by atoms with E-state index in [9.17, 15) is 0 Å². The summed E-state index contributed by atoms with van der Waals surface area (Å²) in [5, 5.41) is 9.03. The summed E-state index contributed by atoms with van der Waals surface area (Å²) < 4.78 is 1.96. The average molecular weight is 274 g/mol. The van der Waals surface area contributed by atoms with E-state index in [1.165, 1.54) is 0 Å². The summed E-state index contributed by atoms with van der Waals surface area (Å²) in [5.74, 6) is 2.53. The zero-order valence-electron chi connectivity index (χ0n) is 10.7. The summed E-state index contributed by atoms with van der Waals surface area (Å²) in [5.41, 5.74) is 8.37. The van der Waals surface area contributed by atoms with Crippen LogP contribution in [0.5, 0.6) is 0 Å². The quantitative estimate of drug-likeness (QED) is 0.562. The minimum absolute atomic E-state index is 0.723. The number of nitrogen functional groups attached to an aromatic ring is 1. The molecule has 0 aliphatic carbocycles. The fourth-order valence-electron chi connectivity index (χ4n) is 1.79. The zero-order valence-corrected chi connectivity index (χ0v) is 11.5. The van der Waals surface area contributed by atoms with E-state index in [1.54, 1.807) is 11.8 Å². The number of fused-ring (bicyclic) bond motifs is 1.